The number of rotatable bonds is 6. The van der Waals surface area contributed by atoms with Gasteiger partial charge in [0.2, 0.25) is 11.5 Å². The molecule has 2 aromatic rings. The van der Waals surface area contributed by atoms with Crippen LogP contribution in [-0.4, -0.2) is 23.5 Å². The maximum atomic E-state index is 12.4. The monoisotopic (exact) mass is 330 g/mol. The molecule has 0 bridgehead atoms. The van der Waals surface area contributed by atoms with Crippen molar-refractivity contribution in [1.29, 1.82) is 0 Å². The van der Waals surface area contributed by atoms with E-state index in [9.17, 15) is 14.7 Å². The summed E-state index contributed by atoms with van der Waals surface area (Å²) in [5.41, 5.74) is 0.0374. The average Bonchev–Trinajstić information content (AvgIpc) is 3.10. The molecule has 0 aliphatic carbocycles. The Morgan fingerprint density at radius 2 is 1.91 bits per heavy atom. The molecule has 0 atom stereocenters. The smallest absolute Gasteiger partial charge is 0.375 e. The molecule has 0 fully saturated rings. The summed E-state index contributed by atoms with van der Waals surface area (Å²) in [7, 11) is 0. The highest BCUT2D eigenvalue weighted by Crippen LogP contribution is 2.20. The van der Waals surface area contributed by atoms with E-state index in [0.717, 1.165) is 0 Å². The third-order valence-electron chi connectivity index (χ3n) is 2.67. The van der Waals surface area contributed by atoms with Crippen molar-refractivity contribution in [3.05, 3.63) is 64.2 Å². The number of benzene rings is 1. The SMILES string of the molecule is CCOC(=O)/C(O)=C(/N=Nc1ccccc1)C(=O)c1cccs1. The van der Waals surface area contributed by atoms with Crippen molar-refractivity contribution in [2.75, 3.05) is 6.61 Å². The summed E-state index contributed by atoms with van der Waals surface area (Å²) < 4.78 is 4.71. The molecule has 1 aromatic heterocycles. The largest absolute Gasteiger partial charge is 0.500 e. The van der Waals surface area contributed by atoms with Gasteiger partial charge < -0.3 is 9.84 Å². The minimum atomic E-state index is -1.01. The van der Waals surface area contributed by atoms with Crippen molar-refractivity contribution >= 4 is 28.8 Å². The zero-order chi connectivity index (χ0) is 16.7. The zero-order valence-electron chi connectivity index (χ0n) is 12.3. The maximum absolute atomic E-state index is 12.4. The molecule has 0 aliphatic rings. The van der Waals surface area contributed by atoms with E-state index < -0.39 is 23.2 Å². The third kappa shape index (κ3) is 4.33. The van der Waals surface area contributed by atoms with Gasteiger partial charge in [0.1, 0.15) is 0 Å². The van der Waals surface area contributed by atoms with Crippen LogP contribution in [0, 0.1) is 0 Å². The van der Waals surface area contributed by atoms with E-state index in [1.54, 1.807) is 48.7 Å². The molecule has 0 unspecified atom stereocenters. The highest BCUT2D eigenvalue weighted by molar-refractivity contribution is 7.12. The van der Waals surface area contributed by atoms with Crippen molar-refractivity contribution in [1.82, 2.24) is 0 Å². The number of Topliss-reactive ketones (excluding diaryl/α,β-unsaturated/α-hetero) is 1. The van der Waals surface area contributed by atoms with Gasteiger partial charge >= 0.3 is 5.97 Å². The molecule has 0 radical (unpaired) electrons. The van der Waals surface area contributed by atoms with Gasteiger partial charge in [0.05, 0.1) is 17.2 Å². The van der Waals surface area contributed by atoms with Gasteiger partial charge in [-0.2, -0.15) is 5.11 Å². The van der Waals surface area contributed by atoms with Crippen LogP contribution in [0.2, 0.25) is 0 Å². The van der Waals surface area contributed by atoms with Crippen LogP contribution in [0.15, 0.2) is 69.5 Å². The Balaban J connectivity index is 2.39. The number of hydrogen-bond donors (Lipinski definition) is 1. The van der Waals surface area contributed by atoms with Crippen LogP contribution in [0.1, 0.15) is 16.6 Å². The van der Waals surface area contributed by atoms with Gasteiger partial charge in [-0.15, -0.1) is 16.5 Å². The molecular weight excluding hydrogens is 316 g/mol. The minimum absolute atomic E-state index is 0.0686. The molecule has 2 rings (SSSR count). The van der Waals surface area contributed by atoms with Gasteiger partial charge in [-0.05, 0) is 30.5 Å². The van der Waals surface area contributed by atoms with Crippen molar-refractivity contribution in [3.8, 4) is 0 Å². The summed E-state index contributed by atoms with van der Waals surface area (Å²) in [5, 5.41) is 19.3. The number of nitrogens with zero attached hydrogens (tertiary/aromatic N) is 2. The van der Waals surface area contributed by atoms with Crippen LogP contribution >= 0.6 is 11.3 Å². The third-order valence-corrected chi connectivity index (χ3v) is 3.54. The molecule has 0 amide bonds. The second-order valence-corrected chi connectivity index (χ2v) is 5.21. The van der Waals surface area contributed by atoms with Gasteiger partial charge in [-0.1, -0.05) is 24.3 Å². The number of allylic oxidation sites excluding steroid dienone is 1. The van der Waals surface area contributed by atoms with E-state index in [1.165, 1.54) is 11.3 Å². The number of esters is 1. The van der Waals surface area contributed by atoms with Gasteiger partial charge in [-0.3, -0.25) is 4.79 Å². The summed E-state index contributed by atoms with van der Waals surface area (Å²) in [6, 6.07) is 11.9. The van der Waals surface area contributed by atoms with Crippen LogP contribution in [0.3, 0.4) is 0 Å². The minimum Gasteiger partial charge on any atom is -0.500 e. The standard InChI is InChI=1S/C16H14N2O4S/c1-2-22-16(21)15(20)13(14(19)12-9-6-10-23-12)18-17-11-7-4-3-5-8-11/h3-10,20H,2H2,1H3/b15-13-,18-17?. The van der Waals surface area contributed by atoms with Crippen molar-refractivity contribution in [2.45, 2.75) is 6.92 Å². The lowest BCUT2D eigenvalue weighted by molar-refractivity contribution is -0.141. The molecule has 1 heterocycles. The van der Waals surface area contributed by atoms with Gasteiger partial charge in [0, 0.05) is 0 Å². The van der Waals surface area contributed by atoms with E-state index in [1.807, 2.05) is 6.07 Å². The van der Waals surface area contributed by atoms with E-state index in [-0.39, 0.29) is 6.61 Å². The number of thiophene rings is 1. The lowest BCUT2D eigenvalue weighted by atomic mass is 10.2. The van der Waals surface area contributed by atoms with Crippen LogP contribution in [0.25, 0.3) is 0 Å². The lowest BCUT2D eigenvalue weighted by Crippen LogP contribution is -2.13. The Labute approximate surface area is 136 Å². The Bertz CT molecular complexity index is 737. The summed E-state index contributed by atoms with van der Waals surface area (Å²) in [6.07, 6.45) is 0. The summed E-state index contributed by atoms with van der Waals surface area (Å²) in [6.45, 7) is 1.66. The van der Waals surface area contributed by atoms with Crippen LogP contribution < -0.4 is 0 Å². The topological polar surface area (TPSA) is 88.3 Å². The number of azo groups is 1. The zero-order valence-corrected chi connectivity index (χ0v) is 13.1. The van der Waals surface area contributed by atoms with Crippen molar-refractivity contribution in [3.63, 3.8) is 0 Å². The van der Waals surface area contributed by atoms with Crippen LogP contribution in [0.4, 0.5) is 5.69 Å². The molecule has 0 saturated heterocycles. The average molecular weight is 330 g/mol. The first-order valence-corrected chi connectivity index (χ1v) is 7.66. The Morgan fingerprint density at radius 1 is 1.17 bits per heavy atom. The van der Waals surface area contributed by atoms with Gasteiger partial charge in [-0.25, -0.2) is 4.79 Å². The number of ketones is 1. The highest BCUT2D eigenvalue weighted by Gasteiger charge is 2.24. The quantitative estimate of drug-likeness (QED) is 0.284. The fourth-order valence-electron chi connectivity index (χ4n) is 1.62. The second kappa shape index (κ2) is 8.00. The number of ether oxygens (including phenoxy) is 1. The van der Waals surface area contributed by atoms with E-state index in [4.69, 9.17) is 4.74 Å². The first-order valence-electron chi connectivity index (χ1n) is 6.78. The number of carbonyl (C=O) groups is 2. The molecule has 118 valence electrons. The Morgan fingerprint density at radius 3 is 2.52 bits per heavy atom. The number of carbonyl (C=O) groups excluding carboxylic acids is 2. The lowest BCUT2D eigenvalue weighted by Gasteiger charge is -2.04. The molecule has 1 aromatic carbocycles. The number of aliphatic hydroxyl groups excluding tert-OH is 1. The van der Waals surface area contributed by atoms with E-state index in [0.29, 0.717) is 10.6 Å². The molecule has 6 nitrogen and oxygen atoms in total. The van der Waals surface area contributed by atoms with Crippen LogP contribution in [-0.2, 0) is 9.53 Å². The number of aliphatic hydroxyl groups is 1. The summed E-state index contributed by atoms with van der Waals surface area (Å²) >= 11 is 1.17. The predicted molar refractivity (Wildman–Crippen MR) is 85.9 cm³/mol. The molecule has 23 heavy (non-hydrogen) atoms. The fourth-order valence-corrected chi connectivity index (χ4v) is 2.29. The Hall–Kier alpha value is -2.80. The normalized spacial score (nSPS) is 12.0. The van der Waals surface area contributed by atoms with Crippen molar-refractivity contribution < 1.29 is 19.4 Å². The summed E-state index contributed by atoms with van der Waals surface area (Å²) in [5.74, 6) is -2.46. The maximum Gasteiger partial charge on any atom is 0.375 e. The highest BCUT2D eigenvalue weighted by atomic mass is 32.1. The molecule has 1 N–H and O–H groups in total. The van der Waals surface area contributed by atoms with Crippen LogP contribution in [0.5, 0.6) is 0 Å². The fraction of sp³-hybridized carbons (Fsp3) is 0.125. The molecule has 0 saturated carbocycles. The van der Waals surface area contributed by atoms with E-state index >= 15 is 0 Å². The predicted octanol–water partition coefficient (Wildman–Crippen LogP) is 4.05. The molecule has 0 spiro atoms. The second-order valence-electron chi connectivity index (χ2n) is 4.26. The van der Waals surface area contributed by atoms with Crippen molar-refractivity contribution in [2.24, 2.45) is 10.2 Å². The molecule has 0 aliphatic heterocycles. The first kappa shape index (κ1) is 16.6. The van der Waals surface area contributed by atoms with E-state index in [2.05, 4.69) is 10.2 Å². The Kier molecular flexibility index (Phi) is 5.76. The molecule has 7 heteroatoms. The van der Waals surface area contributed by atoms with Gasteiger partial charge in [0.15, 0.2) is 5.70 Å². The first-order chi connectivity index (χ1) is 11.1. The van der Waals surface area contributed by atoms with Gasteiger partial charge in [0.25, 0.3) is 0 Å². The molecular formula is C16H14N2O4S. The number of hydrogen-bond acceptors (Lipinski definition) is 7. The summed E-state index contributed by atoms with van der Waals surface area (Å²) in [4.78, 5) is 24.4.